The lowest BCUT2D eigenvalue weighted by molar-refractivity contribution is -0.146. The smallest absolute Gasteiger partial charge is 0.324 e. The van der Waals surface area contributed by atoms with Crippen LogP contribution in [-0.2, 0) is 14.3 Å². The highest BCUT2D eigenvalue weighted by atomic mass is 32.1. The summed E-state index contributed by atoms with van der Waals surface area (Å²) < 4.78 is -1.67. The van der Waals surface area contributed by atoms with Gasteiger partial charge in [0.05, 0.1) is 6.42 Å². The molecule has 0 saturated heterocycles. The lowest BCUT2D eigenvalue weighted by atomic mass is 9.95. The van der Waals surface area contributed by atoms with E-state index in [-0.39, 0.29) is 0 Å². The molecule has 0 aliphatic heterocycles. The topological polar surface area (TPSA) is 74.6 Å². The predicted octanol–water partition coefficient (Wildman–Crippen LogP) is 1.37. The van der Waals surface area contributed by atoms with E-state index in [2.05, 4.69) is 12.6 Å². The second-order valence-corrected chi connectivity index (χ2v) is 3.87. The number of carboxylic acid groups (broad SMARTS) is 2. The van der Waals surface area contributed by atoms with Crippen molar-refractivity contribution in [3.63, 3.8) is 0 Å². The molecule has 4 nitrogen and oxygen atoms in total. The van der Waals surface area contributed by atoms with Crippen LogP contribution in [0.1, 0.15) is 12.0 Å². The van der Waals surface area contributed by atoms with E-state index < -0.39 is 23.1 Å². The summed E-state index contributed by atoms with van der Waals surface area (Å²) in [6.45, 7) is 0. The lowest BCUT2D eigenvalue weighted by Crippen LogP contribution is -2.32. The molecule has 1 atom stereocenters. The third kappa shape index (κ3) is 2.50. The number of carboxylic acids is 2. The van der Waals surface area contributed by atoms with E-state index >= 15 is 0 Å². The summed E-state index contributed by atoms with van der Waals surface area (Å²) in [5, 5.41) is 17.6. The van der Waals surface area contributed by atoms with Crippen molar-refractivity contribution in [3.05, 3.63) is 35.9 Å². The number of thiol groups is 1. The zero-order valence-electron chi connectivity index (χ0n) is 7.75. The fourth-order valence-corrected chi connectivity index (χ4v) is 1.52. The molecule has 0 saturated carbocycles. The highest BCUT2D eigenvalue weighted by Gasteiger charge is 2.38. The first kappa shape index (κ1) is 11.6. The Hall–Kier alpha value is -1.49. The molecule has 1 aromatic rings. The van der Waals surface area contributed by atoms with Crippen molar-refractivity contribution in [1.29, 1.82) is 0 Å². The molecule has 5 heteroatoms. The molecule has 1 unspecified atom stereocenters. The maximum absolute atomic E-state index is 11.0. The molecule has 0 fully saturated rings. The molecule has 0 radical (unpaired) electrons. The molecule has 1 aromatic carbocycles. The van der Waals surface area contributed by atoms with E-state index in [9.17, 15) is 9.59 Å². The van der Waals surface area contributed by atoms with E-state index in [1.807, 2.05) is 0 Å². The Balaban J connectivity index is 3.13. The molecule has 80 valence electrons. The zero-order chi connectivity index (χ0) is 11.5. The fourth-order valence-electron chi connectivity index (χ4n) is 1.23. The van der Waals surface area contributed by atoms with Crippen LogP contribution in [0.15, 0.2) is 30.3 Å². The van der Waals surface area contributed by atoms with Crippen LogP contribution in [0, 0.1) is 0 Å². The van der Waals surface area contributed by atoms with Gasteiger partial charge in [-0.15, -0.1) is 0 Å². The monoisotopic (exact) mass is 226 g/mol. The van der Waals surface area contributed by atoms with E-state index in [4.69, 9.17) is 10.2 Å². The SMILES string of the molecule is O=C(O)CC(S)(C(=O)O)c1ccccc1. The van der Waals surface area contributed by atoms with E-state index in [1.54, 1.807) is 30.3 Å². The number of benzene rings is 1. The highest BCUT2D eigenvalue weighted by molar-refractivity contribution is 7.82. The number of aliphatic carboxylic acids is 2. The molecule has 0 heterocycles. The van der Waals surface area contributed by atoms with Crippen molar-refractivity contribution in [2.45, 2.75) is 11.2 Å². The number of rotatable bonds is 4. The minimum absolute atomic E-state index is 0.364. The first-order valence-electron chi connectivity index (χ1n) is 4.20. The molecule has 0 amide bonds. The van der Waals surface area contributed by atoms with Gasteiger partial charge in [0, 0.05) is 0 Å². The minimum Gasteiger partial charge on any atom is -0.481 e. The molecular weight excluding hydrogens is 216 g/mol. The summed E-state index contributed by atoms with van der Waals surface area (Å²) in [5.74, 6) is -2.46. The summed E-state index contributed by atoms with van der Waals surface area (Å²) in [4.78, 5) is 21.6. The molecule has 0 aliphatic rings. The van der Waals surface area contributed by atoms with Crippen LogP contribution in [-0.4, -0.2) is 22.2 Å². The Kier molecular flexibility index (Phi) is 3.36. The standard InChI is InChI=1S/C10H10O4S/c11-8(12)6-10(15,9(13)14)7-4-2-1-3-5-7/h1-5,15H,6H2,(H,11,12)(H,13,14). The summed E-state index contributed by atoms with van der Waals surface area (Å²) >= 11 is 3.96. The quantitative estimate of drug-likeness (QED) is 0.678. The van der Waals surface area contributed by atoms with Crippen molar-refractivity contribution < 1.29 is 19.8 Å². The van der Waals surface area contributed by atoms with Gasteiger partial charge in [0.15, 0.2) is 0 Å². The van der Waals surface area contributed by atoms with Crippen molar-refractivity contribution in [1.82, 2.24) is 0 Å². The fraction of sp³-hybridized carbons (Fsp3) is 0.200. The first-order valence-corrected chi connectivity index (χ1v) is 4.64. The van der Waals surface area contributed by atoms with Crippen LogP contribution in [0.25, 0.3) is 0 Å². The lowest BCUT2D eigenvalue weighted by Gasteiger charge is -2.21. The van der Waals surface area contributed by atoms with Crippen LogP contribution < -0.4 is 0 Å². The third-order valence-corrected chi connectivity index (χ3v) is 2.62. The largest absolute Gasteiger partial charge is 0.481 e. The van der Waals surface area contributed by atoms with Gasteiger partial charge < -0.3 is 10.2 Å². The Morgan fingerprint density at radius 1 is 1.20 bits per heavy atom. The van der Waals surface area contributed by atoms with Gasteiger partial charge in [0.25, 0.3) is 0 Å². The molecule has 0 aliphatic carbocycles. The van der Waals surface area contributed by atoms with Crippen molar-refractivity contribution in [2.75, 3.05) is 0 Å². The molecule has 1 rings (SSSR count). The maximum atomic E-state index is 11.0. The van der Waals surface area contributed by atoms with Crippen molar-refractivity contribution in [2.24, 2.45) is 0 Å². The van der Waals surface area contributed by atoms with E-state index in [0.717, 1.165) is 0 Å². The van der Waals surface area contributed by atoms with Crippen molar-refractivity contribution >= 4 is 24.6 Å². The second-order valence-electron chi connectivity index (χ2n) is 3.10. The minimum atomic E-state index is -1.67. The van der Waals surface area contributed by atoms with Crippen LogP contribution in [0.3, 0.4) is 0 Å². The van der Waals surface area contributed by atoms with Crippen molar-refractivity contribution in [3.8, 4) is 0 Å². The van der Waals surface area contributed by atoms with Gasteiger partial charge in [-0.25, -0.2) is 0 Å². The van der Waals surface area contributed by atoms with E-state index in [1.165, 1.54) is 0 Å². The molecule has 0 spiro atoms. The van der Waals surface area contributed by atoms with Gasteiger partial charge in [-0.05, 0) is 5.56 Å². The molecule has 0 aromatic heterocycles. The van der Waals surface area contributed by atoms with Gasteiger partial charge in [-0.3, -0.25) is 9.59 Å². The normalized spacial score (nSPS) is 14.2. The summed E-state index contributed by atoms with van der Waals surface area (Å²) in [6.07, 6.45) is -0.560. The van der Waals surface area contributed by atoms with Gasteiger partial charge in [0.1, 0.15) is 4.75 Å². The molecular formula is C10H10O4S. The number of hydrogen-bond donors (Lipinski definition) is 3. The zero-order valence-corrected chi connectivity index (χ0v) is 8.65. The Labute approximate surface area is 92.0 Å². The number of carbonyl (C=O) groups is 2. The Bertz CT molecular complexity index is 376. The second kappa shape index (κ2) is 4.35. The van der Waals surface area contributed by atoms with Crippen LogP contribution in [0.5, 0.6) is 0 Å². The first-order chi connectivity index (χ1) is 6.97. The van der Waals surface area contributed by atoms with Gasteiger partial charge in [-0.1, -0.05) is 30.3 Å². The Morgan fingerprint density at radius 2 is 1.73 bits per heavy atom. The number of hydrogen-bond acceptors (Lipinski definition) is 3. The van der Waals surface area contributed by atoms with Gasteiger partial charge in [0.2, 0.25) is 0 Å². The Morgan fingerprint density at radius 3 is 2.13 bits per heavy atom. The molecule has 0 bridgehead atoms. The predicted molar refractivity (Wildman–Crippen MR) is 57.0 cm³/mol. The van der Waals surface area contributed by atoms with Gasteiger partial charge >= 0.3 is 11.9 Å². The summed E-state index contributed by atoms with van der Waals surface area (Å²) in [6, 6.07) is 8.10. The van der Waals surface area contributed by atoms with Crippen LogP contribution in [0.4, 0.5) is 0 Å². The van der Waals surface area contributed by atoms with Crippen LogP contribution in [0.2, 0.25) is 0 Å². The van der Waals surface area contributed by atoms with Crippen LogP contribution >= 0.6 is 12.6 Å². The average molecular weight is 226 g/mol. The summed E-state index contributed by atoms with van der Waals surface area (Å²) in [5.41, 5.74) is 0.364. The van der Waals surface area contributed by atoms with Gasteiger partial charge in [-0.2, -0.15) is 12.6 Å². The summed E-state index contributed by atoms with van der Waals surface area (Å²) in [7, 11) is 0. The average Bonchev–Trinajstić information content (AvgIpc) is 2.17. The van der Waals surface area contributed by atoms with E-state index in [0.29, 0.717) is 5.56 Å². The highest BCUT2D eigenvalue weighted by Crippen LogP contribution is 2.32. The third-order valence-electron chi connectivity index (χ3n) is 2.01. The molecule has 15 heavy (non-hydrogen) atoms. The molecule has 2 N–H and O–H groups in total. The maximum Gasteiger partial charge on any atom is 0.324 e.